The minimum Gasteiger partial charge on any atom is -0.598 e. The van der Waals surface area contributed by atoms with Gasteiger partial charge in [0, 0.05) is 37.1 Å². The Kier molecular flexibility index (Phi) is 6.11. The quantitative estimate of drug-likeness (QED) is 0.392. The van der Waals surface area contributed by atoms with Crippen molar-refractivity contribution in [2.75, 3.05) is 0 Å². The van der Waals surface area contributed by atoms with Gasteiger partial charge in [-0.2, -0.15) is 8.78 Å². The number of hydrogen-bond acceptors (Lipinski definition) is 4. The van der Waals surface area contributed by atoms with E-state index in [1.54, 1.807) is 39.8 Å². The van der Waals surface area contributed by atoms with Crippen LogP contribution in [0.2, 0.25) is 0 Å². The van der Waals surface area contributed by atoms with E-state index in [0.717, 1.165) is 27.3 Å². The SMILES string of the molecule is CC#Cc1ccc2sc3ccc(C(C)(N[S@+]([O-])C(C)(C)C)C(F)(F)C(=O)O)cc3c2c1. The number of fused-ring (bicyclic) bond motifs is 3. The van der Waals surface area contributed by atoms with Crippen molar-refractivity contribution in [3.63, 3.8) is 0 Å². The second kappa shape index (κ2) is 8.06. The molecule has 3 rings (SSSR count). The molecule has 0 amide bonds. The van der Waals surface area contributed by atoms with Gasteiger partial charge in [-0.15, -0.1) is 22.0 Å². The van der Waals surface area contributed by atoms with Gasteiger partial charge in [-0.05, 0) is 70.5 Å². The maximum atomic E-state index is 15.0. The van der Waals surface area contributed by atoms with Gasteiger partial charge in [0.2, 0.25) is 0 Å². The summed E-state index contributed by atoms with van der Waals surface area (Å²) in [6, 6.07) is 10.4. The number of benzene rings is 2. The number of alkyl halides is 2. The maximum absolute atomic E-state index is 15.0. The van der Waals surface area contributed by atoms with Crippen LogP contribution in [0.1, 0.15) is 45.7 Å². The third-order valence-electron chi connectivity index (χ3n) is 5.07. The zero-order chi connectivity index (χ0) is 23.2. The summed E-state index contributed by atoms with van der Waals surface area (Å²) < 4.78 is 46.2. The zero-order valence-corrected chi connectivity index (χ0v) is 19.4. The van der Waals surface area contributed by atoms with Crippen LogP contribution in [0.25, 0.3) is 20.2 Å². The van der Waals surface area contributed by atoms with Crippen LogP contribution in [0, 0.1) is 11.8 Å². The lowest BCUT2D eigenvalue weighted by molar-refractivity contribution is -0.177. The topological polar surface area (TPSA) is 72.4 Å². The first-order valence-electron chi connectivity index (χ1n) is 9.51. The van der Waals surface area contributed by atoms with Crippen LogP contribution in [0.3, 0.4) is 0 Å². The molecule has 0 aliphatic carbocycles. The second-order valence-corrected chi connectivity index (χ2v) is 11.4. The molecule has 1 aromatic heterocycles. The van der Waals surface area contributed by atoms with Gasteiger partial charge in [0.15, 0.2) is 5.54 Å². The third kappa shape index (κ3) is 4.15. The summed E-state index contributed by atoms with van der Waals surface area (Å²) in [7, 11) is 0. The Labute approximate surface area is 187 Å². The van der Waals surface area contributed by atoms with Crippen molar-refractivity contribution in [3.8, 4) is 11.8 Å². The van der Waals surface area contributed by atoms with Crippen LogP contribution in [0.15, 0.2) is 36.4 Å². The van der Waals surface area contributed by atoms with Crippen molar-refractivity contribution in [2.45, 2.75) is 50.8 Å². The Morgan fingerprint density at radius 2 is 1.68 bits per heavy atom. The molecule has 2 atom stereocenters. The molecule has 0 aliphatic rings. The molecule has 2 aromatic carbocycles. The predicted molar refractivity (Wildman–Crippen MR) is 123 cm³/mol. The largest absolute Gasteiger partial charge is 0.598 e. The van der Waals surface area contributed by atoms with Gasteiger partial charge in [-0.1, -0.05) is 12.0 Å². The smallest absolute Gasteiger partial charge is 0.377 e. The standard InChI is InChI=1S/C23H23F2NO3S2/c1-6-7-14-8-10-18-16(12-14)17-13-15(9-11-19(17)30-18)22(5,23(24,25)20(27)28)26-31(29)21(2,3)4/h8-13,26H,1-5H3,(H,27,28)/t22?,31-/m1/s1. The molecule has 4 nitrogen and oxygen atoms in total. The first-order valence-corrected chi connectivity index (χ1v) is 11.5. The highest BCUT2D eigenvalue weighted by Gasteiger charge is 2.61. The average molecular weight is 464 g/mol. The molecule has 0 spiro atoms. The Balaban J connectivity index is 2.25. The van der Waals surface area contributed by atoms with E-state index in [1.807, 2.05) is 18.2 Å². The maximum Gasteiger partial charge on any atom is 0.377 e. The van der Waals surface area contributed by atoms with Crippen molar-refractivity contribution in [2.24, 2.45) is 0 Å². The lowest BCUT2D eigenvalue weighted by Crippen LogP contribution is -2.61. The van der Waals surface area contributed by atoms with E-state index in [9.17, 15) is 14.5 Å². The molecule has 0 fully saturated rings. The van der Waals surface area contributed by atoms with Gasteiger partial charge in [0.25, 0.3) is 0 Å². The summed E-state index contributed by atoms with van der Waals surface area (Å²) in [5.74, 6) is -0.681. The fourth-order valence-electron chi connectivity index (χ4n) is 3.17. The molecule has 0 aliphatic heterocycles. The first-order chi connectivity index (χ1) is 14.3. The summed E-state index contributed by atoms with van der Waals surface area (Å²) in [5, 5.41) is 10.9. The molecule has 0 radical (unpaired) electrons. The zero-order valence-electron chi connectivity index (χ0n) is 17.8. The Bertz CT molecular complexity index is 1220. The fraction of sp³-hybridized carbons (Fsp3) is 0.348. The van der Waals surface area contributed by atoms with Crippen molar-refractivity contribution in [3.05, 3.63) is 47.5 Å². The number of hydrogen-bond donors (Lipinski definition) is 2. The van der Waals surface area contributed by atoms with Crippen molar-refractivity contribution < 1.29 is 23.2 Å². The minimum atomic E-state index is -4.22. The van der Waals surface area contributed by atoms with Gasteiger partial charge in [-0.3, -0.25) is 0 Å². The van der Waals surface area contributed by atoms with E-state index in [2.05, 4.69) is 16.6 Å². The molecule has 0 saturated heterocycles. The highest BCUT2D eigenvalue weighted by atomic mass is 32.2. The molecule has 0 saturated carbocycles. The summed E-state index contributed by atoms with van der Waals surface area (Å²) in [4.78, 5) is 11.5. The summed E-state index contributed by atoms with van der Waals surface area (Å²) in [6.45, 7) is 7.69. The van der Waals surface area contributed by atoms with E-state index in [1.165, 1.54) is 17.4 Å². The van der Waals surface area contributed by atoms with Crippen molar-refractivity contribution in [1.82, 2.24) is 4.72 Å². The van der Waals surface area contributed by atoms with Crippen LogP contribution >= 0.6 is 11.3 Å². The lowest BCUT2D eigenvalue weighted by atomic mass is 9.85. The van der Waals surface area contributed by atoms with Crippen LogP contribution < -0.4 is 4.72 Å². The van der Waals surface area contributed by atoms with Gasteiger partial charge < -0.3 is 9.66 Å². The number of thiophene rings is 1. The summed E-state index contributed by atoms with van der Waals surface area (Å²) in [5.41, 5.74) is -1.57. The Morgan fingerprint density at radius 3 is 2.23 bits per heavy atom. The van der Waals surface area contributed by atoms with Gasteiger partial charge in [0.1, 0.15) is 4.75 Å². The molecular weight excluding hydrogens is 440 g/mol. The van der Waals surface area contributed by atoms with E-state index in [4.69, 9.17) is 0 Å². The number of nitrogens with one attached hydrogen (secondary N) is 1. The highest BCUT2D eigenvalue weighted by molar-refractivity contribution is 7.90. The van der Waals surface area contributed by atoms with Crippen LogP contribution in [0.4, 0.5) is 8.78 Å². The Hall–Kier alpha value is -2.18. The average Bonchev–Trinajstić information content (AvgIpc) is 3.04. The fourth-order valence-corrected chi connectivity index (χ4v) is 5.16. The van der Waals surface area contributed by atoms with E-state index >= 15 is 8.78 Å². The monoisotopic (exact) mass is 463 g/mol. The first kappa shape index (κ1) is 23.5. The predicted octanol–water partition coefficient (Wildman–Crippen LogP) is 5.41. The molecule has 8 heteroatoms. The van der Waals surface area contributed by atoms with Crippen LogP contribution in [0.5, 0.6) is 0 Å². The normalized spacial score (nSPS) is 15.4. The molecule has 0 bridgehead atoms. The minimum absolute atomic E-state index is 0.0386. The van der Waals surface area contributed by atoms with Crippen molar-refractivity contribution >= 4 is 48.8 Å². The molecule has 1 unspecified atom stereocenters. The number of rotatable bonds is 5. The molecule has 31 heavy (non-hydrogen) atoms. The molecule has 164 valence electrons. The number of carbonyl (C=O) groups is 1. The van der Waals surface area contributed by atoms with Crippen molar-refractivity contribution in [1.29, 1.82) is 0 Å². The molecule has 3 aromatic rings. The van der Waals surface area contributed by atoms with Gasteiger partial charge in [0.05, 0.1) is 0 Å². The molecular formula is C23H23F2NO3S2. The molecule has 1 heterocycles. The molecule has 2 N–H and O–H groups in total. The third-order valence-corrected chi connectivity index (χ3v) is 7.92. The second-order valence-electron chi connectivity index (χ2n) is 8.39. The summed E-state index contributed by atoms with van der Waals surface area (Å²) in [6.07, 6.45) is 0. The Morgan fingerprint density at radius 1 is 1.10 bits per heavy atom. The highest BCUT2D eigenvalue weighted by Crippen LogP contribution is 2.43. The van der Waals surface area contributed by atoms with Crippen LogP contribution in [-0.4, -0.2) is 26.3 Å². The van der Waals surface area contributed by atoms with Gasteiger partial charge in [-0.25, -0.2) is 4.79 Å². The number of halogens is 2. The summed E-state index contributed by atoms with van der Waals surface area (Å²) >= 11 is -0.430. The van der Waals surface area contributed by atoms with E-state index in [-0.39, 0.29) is 5.56 Å². The number of carboxylic acids is 1. The van der Waals surface area contributed by atoms with E-state index < -0.39 is 33.5 Å². The number of carboxylic acid groups (broad SMARTS) is 1. The van der Waals surface area contributed by atoms with Crippen LogP contribution in [-0.2, 0) is 21.7 Å². The van der Waals surface area contributed by atoms with Gasteiger partial charge >= 0.3 is 11.9 Å². The van der Waals surface area contributed by atoms with E-state index in [0.29, 0.717) is 5.39 Å². The number of aliphatic carboxylic acids is 1. The lowest BCUT2D eigenvalue weighted by Gasteiger charge is -2.38.